The van der Waals surface area contributed by atoms with Crippen molar-refractivity contribution < 1.29 is 18.7 Å². The highest BCUT2D eigenvalue weighted by Crippen LogP contribution is 2.43. The third-order valence-electron chi connectivity index (χ3n) is 5.60. The van der Waals surface area contributed by atoms with Crippen molar-refractivity contribution in [1.82, 2.24) is 10.6 Å². The number of fused-ring (bicyclic) bond motifs is 1. The number of hydrogen-bond acceptors (Lipinski definition) is 3. The second kappa shape index (κ2) is 6.76. The molecule has 0 radical (unpaired) electrons. The molecule has 0 aromatic heterocycles. The fourth-order valence-corrected chi connectivity index (χ4v) is 4.15. The zero-order valence-electron chi connectivity index (χ0n) is 13.8. The largest absolute Gasteiger partial charge is 0.392 e. The minimum absolute atomic E-state index is 0.00784. The highest BCUT2D eigenvalue weighted by atomic mass is 19.1. The van der Waals surface area contributed by atoms with E-state index in [-0.39, 0.29) is 30.1 Å². The summed E-state index contributed by atoms with van der Waals surface area (Å²) in [6.07, 6.45) is 4.28. The number of aliphatic hydroxyl groups is 1. The summed E-state index contributed by atoms with van der Waals surface area (Å²) < 4.78 is 27.3. The Morgan fingerprint density at radius 1 is 1.33 bits per heavy atom. The molecular weight excluding hydrogens is 314 g/mol. The number of nitrogens with one attached hydrogen (secondary N) is 2. The monoisotopic (exact) mass is 338 g/mol. The van der Waals surface area contributed by atoms with E-state index < -0.39 is 23.1 Å². The van der Waals surface area contributed by atoms with Crippen molar-refractivity contribution in [2.75, 3.05) is 6.54 Å². The van der Waals surface area contributed by atoms with E-state index in [1.54, 1.807) is 0 Å². The Kier molecular flexibility index (Phi) is 4.88. The lowest BCUT2D eigenvalue weighted by Gasteiger charge is -2.33. The lowest BCUT2D eigenvalue weighted by atomic mass is 9.75. The van der Waals surface area contributed by atoms with Gasteiger partial charge in [-0.15, -0.1) is 0 Å². The van der Waals surface area contributed by atoms with Crippen LogP contribution >= 0.6 is 0 Å². The van der Waals surface area contributed by atoms with Crippen molar-refractivity contribution in [3.63, 3.8) is 0 Å². The first-order chi connectivity index (χ1) is 11.4. The zero-order chi connectivity index (χ0) is 17.3. The van der Waals surface area contributed by atoms with Crippen LogP contribution in [-0.4, -0.2) is 35.7 Å². The molecule has 3 N–H and O–H groups in total. The van der Waals surface area contributed by atoms with Crippen molar-refractivity contribution in [3.05, 3.63) is 35.4 Å². The first-order valence-electron chi connectivity index (χ1n) is 8.58. The van der Waals surface area contributed by atoms with E-state index in [1.165, 1.54) is 6.07 Å². The normalized spacial score (nSPS) is 32.9. The van der Waals surface area contributed by atoms with Gasteiger partial charge in [0.25, 0.3) is 5.91 Å². The summed E-state index contributed by atoms with van der Waals surface area (Å²) in [4.78, 5) is 12.1. The molecule has 3 rings (SSSR count). The summed E-state index contributed by atoms with van der Waals surface area (Å²) in [6, 6.07) is 3.58. The molecule has 4 nitrogen and oxygen atoms in total. The maximum atomic E-state index is 13.7. The smallest absolute Gasteiger partial charge is 0.257 e. The molecule has 1 aliphatic heterocycles. The highest BCUT2D eigenvalue weighted by Gasteiger charge is 2.48. The lowest BCUT2D eigenvalue weighted by Crippen LogP contribution is -2.43. The van der Waals surface area contributed by atoms with E-state index in [2.05, 4.69) is 17.6 Å². The van der Waals surface area contributed by atoms with Gasteiger partial charge in [-0.25, -0.2) is 8.78 Å². The second-order valence-corrected chi connectivity index (χ2v) is 7.23. The Labute approximate surface area is 140 Å². The lowest BCUT2D eigenvalue weighted by molar-refractivity contribution is 0.0281. The SMILES string of the molecule is C[C@@]12C[C@H](CNC(=O)c3c(F)cccc3F)N[C@@H]1CCCC[C@@H]2O. The summed E-state index contributed by atoms with van der Waals surface area (Å²) in [5, 5.41) is 16.5. The summed E-state index contributed by atoms with van der Waals surface area (Å²) in [5.74, 6) is -2.47. The van der Waals surface area contributed by atoms with Gasteiger partial charge in [0.15, 0.2) is 0 Å². The van der Waals surface area contributed by atoms with Gasteiger partial charge in [-0.2, -0.15) is 0 Å². The third kappa shape index (κ3) is 3.17. The molecular formula is C18H24F2N2O2. The molecule has 0 unspecified atom stereocenters. The third-order valence-corrected chi connectivity index (χ3v) is 5.60. The number of benzene rings is 1. The van der Waals surface area contributed by atoms with Gasteiger partial charge in [0.05, 0.1) is 6.10 Å². The van der Waals surface area contributed by atoms with Crippen LogP contribution < -0.4 is 10.6 Å². The van der Waals surface area contributed by atoms with Crippen LogP contribution in [-0.2, 0) is 0 Å². The van der Waals surface area contributed by atoms with Crippen LogP contribution in [0, 0.1) is 17.0 Å². The fourth-order valence-electron chi connectivity index (χ4n) is 4.15. The molecule has 2 aliphatic rings. The van der Waals surface area contributed by atoms with Crippen LogP contribution in [0.25, 0.3) is 0 Å². The second-order valence-electron chi connectivity index (χ2n) is 7.23. The molecule has 0 bridgehead atoms. The van der Waals surface area contributed by atoms with Crippen LogP contribution in [0.3, 0.4) is 0 Å². The van der Waals surface area contributed by atoms with Gasteiger partial charge in [0.2, 0.25) is 0 Å². The number of amides is 1. The number of rotatable bonds is 3. The van der Waals surface area contributed by atoms with Gasteiger partial charge in [0, 0.05) is 24.0 Å². The van der Waals surface area contributed by atoms with Crippen LogP contribution in [0.5, 0.6) is 0 Å². The van der Waals surface area contributed by atoms with Gasteiger partial charge in [-0.3, -0.25) is 4.79 Å². The van der Waals surface area contributed by atoms with Gasteiger partial charge in [0.1, 0.15) is 17.2 Å². The van der Waals surface area contributed by atoms with Gasteiger partial charge in [-0.1, -0.05) is 25.8 Å². The molecule has 4 atom stereocenters. The average molecular weight is 338 g/mol. The molecule has 1 aromatic rings. The summed E-state index contributed by atoms with van der Waals surface area (Å²) in [6.45, 7) is 2.37. The Balaban J connectivity index is 1.63. The topological polar surface area (TPSA) is 61.4 Å². The summed E-state index contributed by atoms with van der Waals surface area (Å²) >= 11 is 0. The van der Waals surface area contributed by atoms with Crippen molar-refractivity contribution >= 4 is 5.91 Å². The highest BCUT2D eigenvalue weighted by molar-refractivity contribution is 5.94. The molecule has 1 aliphatic carbocycles. The Morgan fingerprint density at radius 2 is 2.00 bits per heavy atom. The van der Waals surface area contributed by atoms with E-state index in [4.69, 9.17) is 0 Å². The standard InChI is InChI=1S/C18H24F2N2O2/c1-18-9-11(22-14(18)7-2-3-8-15(18)23)10-21-17(24)16-12(19)5-4-6-13(16)20/h4-6,11,14-15,22-23H,2-3,7-10H2,1H3,(H,21,24)/t11-,14-,15+,18-/m1/s1. The van der Waals surface area contributed by atoms with E-state index >= 15 is 0 Å². The Bertz CT molecular complexity index is 605. The van der Waals surface area contributed by atoms with Crippen molar-refractivity contribution in [3.8, 4) is 0 Å². The van der Waals surface area contributed by atoms with E-state index in [9.17, 15) is 18.7 Å². The molecule has 24 heavy (non-hydrogen) atoms. The van der Waals surface area contributed by atoms with Crippen LogP contribution in [0.2, 0.25) is 0 Å². The molecule has 1 saturated heterocycles. The first kappa shape index (κ1) is 17.3. The molecule has 1 heterocycles. The maximum absolute atomic E-state index is 13.7. The van der Waals surface area contributed by atoms with Crippen molar-refractivity contribution in [2.24, 2.45) is 5.41 Å². The molecule has 6 heteroatoms. The predicted octanol–water partition coefficient (Wildman–Crippen LogP) is 2.37. The minimum Gasteiger partial charge on any atom is -0.392 e. The Hall–Kier alpha value is -1.53. The number of hydrogen-bond donors (Lipinski definition) is 3. The van der Waals surface area contributed by atoms with Crippen LogP contribution in [0.4, 0.5) is 8.78 Å². The predicted molar refractivity (Wildman–Crippen MR) is 86.6 cm³/mol. The number of aliphatic hydroxyl groups excluding tert-OH is 1. The summed E-state index contributed by atoms with van der Waals surface area (Å²) in [5.41, 5.74) is -0.759. The van der Waals surface area contributed by atoms with Crippen LogP contribution in [0.1, 0.15) is 49.4 Å². The van der Waals surface area contributed by atoms with E-state index in [0.717, 1.165) is 44.2 Å². The minimum atomic E-state index is -0.862. The summed E-state index contributed by atoms with van der Waals surface area (Å²) in [7, 11) is 0. The van der Waals surface area contributed by atoms with Gasteiger partial charge < -0.3 is 15.7 Å². The van der Waals surface area contributed by atoms with Crippen molar-refractivity contribution in [1.29, 1.82) is 0 Å². The maximum Gasteiger partial charge on any atom is 0.257 e. The quantitative estimate of drug-likeness (QED) is 0.793. The molecule has 2 fully saturated rings. The Morgan fingerprint density at radius 3 is 2.71 bits per heavy atom. The van der Waals surface area contributed by atoms with Gasteiger partial charge in [-0.05, 0) is 31.4 Å². The molecule has 1 amide bonds. The zero-order valence-corrected chi connectivity index (χ0v) is 13.8. The first-order valence-corrected chi connectivity index (χ1v) is 8.58. The number of carbonyl (C=O) groups excluding carboxylic acids is 1. The van der Waals surface area contributed by atoms with Gasteiger partial charge >= 0.3 is 0 Å². The van der Waals surface area contributed by atoms with E-state index in [1.807, 2.05) is 0 Å². The number of halogens is 2. The van der Waals surface area contributed by atoms with Crippen LogP contribution in [0.15, 0.2) is 18.2 Å². The number of carbonyl (C=O) groups is 1. The molecule has 132 valence electrons. The van der Waals surface area contributed by atoms with E-state index in [0.29, 0.717) is 0 Å². The molecule has 1 aromatic carbocycles. The fraction of sp³-hybridized carbons (Fsp3) is 0.611. The average Bonchev–Trinajstić information content (AvgIpc) is 2.80. The molecule has 0 spiro atoms. The van der Waals surface area contributed by atoms with Crippen molar-refractivity contribution in [2.45, 2.75) is 57.2 Å². The molecule has 1 saturated carbocycles.